The highest BCUT2D eigenvalue weighted by Crippen LogP contribution is 2.15. The zero-order valence-electron chi connectivity index (χ0n) is 10.3. The van der Waals surface area contributed by atoms with E-state index in [0.717, 1.165) is 12.8 Å². The molecule has 0 aromatic heterocycles. The van der Waals surface area contributed by atoms with Gasteiger partial charge in [0.2, 0.25) is 5.91 Å². The number of aryl methyl sites for hydroxylation is 1. The van der Waals surface area contributed by atoms with Gasteiger partial charge in [0.15, 0.2) is 0 Å². The third-order valence-electron chi connectivity index (χ3n) is 3.27. The number of nitrogens with zero attached hydrogens (tertiary/aromatic N) is 1. The second kappa shape index (κ2) is 5.96. The molecule has 0 unspecified atom stereocenters. The summed E-state index contributed by atoms with van der Waals surface area (Å²) < 4.78 is 13.1. The van der Waals surface area contributed by atoms with Crippen molar-refractivity contribution in [3.05, 3.63) is 35.9 Å². The van der Waals surface area contributed by atoms with Crippen LogP contribution in [0, 0.1) is 0 Å². The molecule has 1 N–H and O–H groups in total. The SMILES string of the molecule is O=C(CCCc1ccccc1)N1C[C@@H](O)[C@H](F)C1. The summed E-state index contributed by atoms with van der Waals surface area (Å²) in [4.78, 5) is 13.2. The first-order chi connectivity index (χ1) is 8.66. The molecule has 1 saturated heterocycles. The van der Waals surface area contributed by atoms with Crippen molar-refractivity contribution in [1.29, 1.82) is 0 Å². The van der Waals surface area contributed by atoms with Crippen LogP contribution in [0.15, 0.2) is 30.3 Å². The molecule has 3 nitrogen and oxygen atoms in total. The van der Waals surface area contributed by atoms with Crippen molar-refractivity contribution in [2.75, 3.05) is 13.1 Å². The molecule has 1 fully saturated rings. The van der Waals surface area contributed by atoms with Crippen molar-refractivity contribution in [3.63, 3.8) is 0 Å². The normalized spacial score (nSPS) is 23.3. The fourth-order valence-corrected chi connectivity index (χ4v) is 2.20. The van der Waals surface area contributed by atoms with Crippen LogP contribution in [0.1, 0.15) is 18.4 Å². The molecule has 1 aromatic rings. The summed E-state index contributed by atoms with van der Waals surface area (Å²) in [6.07, 6.45) is -0.283. The van der Waals surface area contributed by atoms with Gasteiger partial charge >= 0.3 is 0 Å². The maximum absolute atomic E-state index is 13.1. The van der Waals surface area contributed by atoms with Crippen LogP contribution in [0.5, 0.6) is 0 Å². The first kappa shape index (κ1) is 13.0. The van der Waals surface area contributed by atoms with E-state index in [0.29, 0.717) is 6.42 Å². The van der Waals surface area contributed by atoms with E-state index in [1.165, 1.54) is 10.5 Å². The number of likely N-dealkylation sites (tertiary alicyclic amines) is 1. The lowest BCUT2D eigenvalue weighted by Crippen LogP contribution is -2.29. The summed E-state index contributed by atoms with van der Waals surface area (Å²) in [7, 11) is 0. The third-order valence-corrected chi connectivity index (χ3v) is 3.27. The second-order valence-electron chi connectivity index (χ2n) is 4.72. The lowest BCUT2D eigenvalue weighted by molar-refractivity contribution is -0.130. The molecule has 1 aliphatic heterocycles. The maximum atomic E-state index is 13.1. The van der Waals surface area contributed by atoms with Crippen molar-refractivity contribution in [2.45, 2.75) is 31.5 Å². The van der Waals surface area contributed by atoms with Gasteiger partial charge in [-0.1, -0.05) is 30.3 Å². The second-order valence-corrected chi connectivity index (χ2v) is 4.72. The van der Waals surface area contributed by atoms with Crippen LogP contribution in [-0.2, 0) is 11.2 Å². The standard InChI is InChI=1S/C14H18FNO2/c15-12-9-16(10-13(12)17)14(18)8-4-7-11-5-2-1-3-6-11/h1-3,5-6,12-13,17H,4,7-10H2/t12-,13-/m1/s1. The van der Waals surface area contributed by atoms with Crippen molar-refractivity contribution in [2.24, 2.45) is 0 Å². The van der Waals surface area contributed by atoms with Gasteiger partial charge in [0, 0.05) is 13.0 Å². The van der Waals surface area contributed by atoms with Crippen LogP contribution in [0.3, 0.4) is 0 Å². The fraction of sp³-hybridized carbons (Fsp3) is 0.500. The van der Waals surface area contributed by atoms with E-state index < -0.39 is 12.3 Å². The van der Waals surface area contributed by atoms with E-state index in [-0.39, 0.29) is 19.0 Å². The van der Waals surface area contributed by atoms with Gasteiger partial charge in [-0.05, 0) is 18.4 Å². The summed E-state index contributed by atoms with van der Waals surface area (Å²) in [6.45, 7) is 0.163. The summed E-state index contributed by atoms with van der Waals surface area (Å²) in [5.74, 6) is -0.0647. The van der Waals surface area contributed by atoms with Gasteiger partial charge in [-0.3, -0.25) is 4.79 Å². The number of benzene rings is 1. The first-order valence-electron chi connectivity index (χ1n) is 6.30. The van der Waals surface area contributed by atoms with Gasteiger partial charge in [0.25, 0.3) is 0 Å². The minimum absolute atomic E-state index is 0.0331. The van der Waals surface area contributed by atoms with Gasteiger partial charge in [-0.15, -0.1) is 0 Å². The molecule has 0 radical (unpaired) electrons. The Labute approximate surface area is 106 Å². The van der Waals surface area contributed by atoms with E-state index in [1.54, 1.807) is 0 Å². The minimum atomic E-state index is -1.29. The predicted octanol–water partition coefficient (Wildman–Crippen LogP) is 1.55. The highest BCUT2D eigenvalue weighted by molar-refractivity contribution is 5.76. The van der Waals surface area contributed by atoms with Crippen molar-refractivity contribution < 1.29 is 14.3 Å². The number of alkyl halides is 1. The molecule has 0 bridgehead atoms. The Kier molecular flexibility index (Phi) is 4.31. The topological polar surface area (TPSA) is 40.5 Å². The molecule has 98 valence electrons. The van der Waals surface area contributed by atoms with Crippen LogP contribution in [0.4, 0.5) is 4.39 Å². The zero-order chi connectivity index (χ0) is 13.0. The molecular formula is C14H18FNO2. The monoisotopic (exact) mass is 251 g/mol. The molecule has 0 saturated carbocycles. The summed E-state index contributed by atoms with van der Waals surface area (Å²) >= 11 is 0. The fourth-order valence-electron chi connectivity index (χ4n) is 2.20. The number of amides is 1. The van der Waals surface area contributed by atoms with Gasteiger partial charge < -0.3 is 10.0 Å². The number of hydrogen-bond donors (Lipinski definition) is 1. The van der Waals surface area contributed by atoms with E-state index in [9.17, 15) is 14.3 Å². The lowest BCUT2D eigenvalue weighted by Gasteiger charge is -2.14. The van der Waals surface area contributed by atoms with E-state index >= 15 is 0 Å². The maximum Gasteiger partial charge on any atom is 0.222 e. The Morgan fingerprint density at radius 1 is 1.33 bits per heavy atom. The van der Waals surface area contributed by atoms with Gasteiger partial charge in [0.1, 0.15) is 12.3 Å². The summed E-state index contributed by atoms with van der Waals surface area (Å²) in [5, 5.41) is 9.25. The molecule has 18 heavy (non-hydrogen) atoms. The molecule has 2 atom stereocenters. The molecule has 0 spiro atoms. The van der Waals surface area contributed by atoms with E-state index in [1.807, 2.05) is 30.3 Å². The average Bonchev–Trinajstić information content (AvgIpc) is 2.71. The zero-order valence-corrected chi connectivity index (χ0v) is 10.3. The number of β-amino-alcohol motifs (C(OH)–C–C–N with tert-alkyl or cyclic N) is 1. The largest absolute Gasteiger partial charge is 0.388 e. The summed E-state index contributed by atoms with van der Waals surface area (Å²) in [5.41, 5.74) is 1.20. The van der Waals surface area contributed by atoms with Crippen LogP contribution in [-0.4, -0.2) is 41.3 Å². The van der Waals surface area contributed by atoms with E-state index in [2.05, 4.69) is 0 Å². The average molecular weight is 251 g/mol. The van der Waals surface area contributed by atoms with Crippen LogP contribution in [0.2, 0.25) is 0 Å². The van der Waals surface area contributed by atoms with E-state index in [4.69, 9.17) is 0 Å². The number of aliphatic hydroxyl groups is 1. The van der Waals surface area contributed by atoms with Crippen molar-refractivity contribution in [1.82, 2.24) is 4.90 Å². The molecule has 1 amide bonds. The number of carbonyl (C=O) groups is 1. The molecule has 4 heteroatoms. The predicted molar refractivity (Wildman–Crippen MR) is 66.9 cm³/mol. The van der Waals surface area contributed by atoms with Crippen molar-refractivity contribution >= 4 is 5.91 Å². The smallest absolute Gasteiger partial charge is 0.222 e. The van der Waals surface area contributed by atoms with Crippen LogP contribution < -0.4 is 0 Å². The Bertz CT molecular complexity index is 386. The molecule has 0 aliphatic carbocycles. The molecule has 2 rings (SSSR count). The Balaban J connectivity index is 1.73. The highest BCUT2D eigenvalue weighted by Gasteiger charge is 2.33. The quantitative estimate of drug-likeness (QED) is 0.882. The Morgan fingerprint density at radius 2 is 2.06 bits per heavy atom. The number of halogens is 1. The van der Waals surface area contributed by atoms with Gasteiger partial charge in [-0.25, -0.2) is 4.39 Å². The number of rotatable bonds is 4. The number of hydrogen-bond acceptors (Lipinski definition) is 2. The first-order valence-corrected chi connectivity index (χ1v) is 6.30. The third kappa shape index (κ3) is 3.29. The van der Waals surface area contributed by atoms with Crippen molar-refractivity contribution in [3.8, 4) is 0 Å². The molecule has 1 aromatic carbocycles. The lowest BCUT2D eigenvalue weighted by atomic mass is 10.1. The summed E-state index contributed by atoms with van der Waals surface area (Å²) in [6, 6.07) is 9.97. The number of aliphatic hydroxyl groups excluding tert-OH is 1. The van der Waals surface area contributed by atoms with Crippen LogP contribution in [0.25, 0.3) is 0 Å². The van der Waals surface area contributed by atoms with Gasteiger partial charge in [-0.2, -0.15) is 0 Å². The molecule has 1 heterocycles. The Morgan fingerprint density at radius 3 is 2.67 bits per heavy atom. The van der Waals surface area contributed by atoms with Gasteiger partial charge in [0.05, 0.1) is 6.54 Å². The molecular weight excluding hydrogens is 233 g/mol. The Hall–Kier alpha value is -1.42. The van der Waals surface area contributed by atoms with Crippen LogP contribution >= 0.6 is 0 Å². The molecule has 1 aliphatic rings. The highest BCUT2D eigenvalue weighted by atomic mass is 19.1. The minimum Gasteiger partial charge on any atom is -0.388 e. The number of carbonyl (C=O) groups excluding carboxylic acids is 1.